The van der Waals surface area contributed by atoms with Gasteiger partial charge in [-0.1, -0.05) is 36.4 Å². The molecule has 1 saturated heterocycles. The molecular formula is C26H24F3N5O2S. The zero-order valence-corrected chi connectivity index (χ0v) is 20.4. The number of hydrogen-bond donors (Lipinski definition) is 3. The molecule has 11 heteroatoms. The number of piperidine rings is 1. The molecule has 2 heterocycles. The summed E-state index contributed by atoms with van der Waals surface area (Å²) in [5.41, 5.74) is 1.10. The minimum absolute atomic E-state index is 0.130. The first-order chi connectivity index (χ1) is 17.8. The Hall–Kier alpha value is -3.70. The Morgan fingerprint density at radius 1 is 0.973 bits per heavy atom. The van der Waals surface area contributed by atoms with Crippen molar-refractivity contribution >= 4 is 32.6 Å². The van der Waals surface area contributed by atoms with Crippen LogP contribution >= 0.6 is 0 Å². The van der Waals surface area contributed by atoms with E-state index in [1.165, 1.54) is 0 Å². The lowest BCUT2D eigenvalue weighted by Gasteiger charge is -2.26. The molecule has 0 saturated carbocycles. The summed E-state index contributed by atoms with van der Waals surface area (Å²) in [5.74, 6) is -2.11. The van der Waals surface area contributed by atoms with Crippen LogP contribution in [0.5, 0.6) is 0 Å². The van der Waals surface area contributed by atoms with Crippen LogP contribution in [-0.4, -0.2) is 43.7 Å². The topological polar surface area (TPSA) is 96.0 Å². The second-order valence-electron chi connectivity index (χ2n) is 8.96. The smallest absolute Gasteiger partial charge is 0.237 e. The first kappa shape index (κ1) is 25.0. The van der Waals surface area contributed by atoms with E-state index in [-0.39, 0.29) is 11.6 Å². The third-order valence-electron chi connectivity index (χ3n) is 6.04. The fraction of sp³-hybridized carbons (Fsp3) is 0.231. The molecule has 37 heavy (non-hydrogen) atoms. The number of benzene rings is 3. The maximum Gasteiger partial charge on any atom is 0.237 e. The van der Waals surface area contributed by atoms with Gasteiger partial charge in [0.05, 0.1) is 11.3 Å². The third kappa shape index (κ3) is 6.00. The van der Waals surface area contributed by atoms with Crippen LogP contribution in [0.15, 0.2) is 66.9 Å². The maximum absolute atomic E-state index is 14.9. The minimum atomic E-state index is -4.03. The van der Waals surface area contributed by atoms with Crippen molar-refractivity contribution in [1.29, 1.82) is 0 Å². The van der Waals surface area contributed by atoms with Crippen LogP contribution in [0, 0.1) is 11.6 Å². The van der Waals surface area contributed by atoms with E-state index < -0.39 is 39.3 Å². The fourth-order valence-electron chi connectivity index (χ4n) is 4.29. The van der Waals surface area contributed by atoms with Crippen molar-refractivity contribution < 1.29 is 21.6 Å². The van der Waals surface area contributed by atoms with Gasteiger partial charge in [-0.3, -0.25) is 4.72 Å². The van der Waals surface area contributed by atoms with Crippen molar-refractivity contribution in [3.05, 3.63) is 84.1 Å². The number of aromatic nitrogens is 2. The largest absolute Gasteiger partial charge is 0.350 e. The number of rotatable bonds is 7. The number of nitrogens with one attached hydrogen (secondary N) is 3. The highest BCUT2D eigenvalue weighted by Gasteiger charge is 2.22. The molecule has 192 valence electrons. The number of anilines is 2. The van der Waals surface area contributed by atoms with Crippen LogP contribution in [0.2, 0.25) is 0 Å². The molecule has 0 bridgehead atoms. The molecular weight excluding hydrogens is 503 g/mol. The second kappa shape index (κ2) is 10.3. The number of halogens is 3. The Balaban J connectivity index is 1.35. The summed E-state index contributed by atoms with van der Waals surface area (Å²) in [5, 5.41) is 6.78. The molecule has 0 amide bonds. The van der Waals surface area contributed by atoms with Crippen LogP contribution in [0.1, 0.15) is 12.0 Å². The molecule has 0 aliphatic carbocycles. The van der Waals surface area contributed by atoms with Crippen molar-refractivity contribution in [2.75, 3.05) is 23.1 Å². The molecule has 5 rings (SSSR count). The van der Waals surface area contributed by atoms with E-state index in [4.69, 9.17) is 0 Å². The Labute approximate surface area is 212 Å². The summed E-state index contributed by atoms with van der Waals surface area (Å²) in [4.78, 5) is 8.74. The molecule has 1 fully saturated rings. The molecule has 1 aliphatic heterocycles. The Morgan fingerprint density at radius 3 is 2.46 bits per heavy atom. The zero-order chi connectivity index (χ0) is 26.0. The van der Waals surface area contributed by atoms with Crippen molar-refractivity contribution in [2.24, 2.45) is 0 Å². The van der Waals surface area contributed by atoms with Gasteiger partial charge in [0.25, 0.3) is 0 Å². The summed E-state index contributed by atoms with van der Waals surface area (Å²) >= 11 is 0. The van der Waals surface area contributed by atoms with Crippen molar-refractivity contribution in [1.82, 2.24) is 15.3 Å². The number of sulfonamides is 1. The number of nitrogens with zero attached hydrogens (tertiary/aromatic N) is 2. The SMILES string of the molecule is O=S(=O)(Cc1ccccc1)Nc1c(F)cc(-c2ccc3nc(N[C@@H]4CNC[C@@H](F)C4)ncc3c2)cc1F. The molecule has 1 aliphatic rings. The lowest BCUT2D eigenvalue weighted by Crippen LogP contribution is -2.44. The van der Waals surface area contributed by atoms with Crippen LogP contribution < -0.4 is 15.4 Å². The highest BCUT2D eigenvalue weighted by atomic mass is 32.2. The van der Waals surface area contributed by atoms with Gasteiger partial charge in [0.15, 0.2) is 11.6 Å². The average molecular weight is 528 g/mol. The van der Waals surface area contributed by atoms with E-state index in [0.717, 1.165) is 12.1 Å². The molecule has 7 nitrogen and oxygen atoms in total. The van der Waals surface area contributed by atoms with Crippen molar-refractivity contribution in [3.8, 4) is 11.1 Å². The van der Waals surface area contributed by atoms with Crippen molar-refractivity contribution in [3.63, 3.8) is 0 Å². The van der Waals surface area contributed by atoms with Gasteiger partial charge in [-0.25, -0.2) is 31.6 Å². The van der Waals surface area contributed by atoms with Gasteiger partial charge in [0.1, 0.15) is 11.9 Å². The fourth-order valence-corrected chi connectivity index (χ4v) is 5.50. The summed E-state index contributed by atoms with van der Waals surface area (Å²) in [6.45, 7) is 0.942. The highest BCUT2D eigenvalue weighted by Crippen LogP contribution is 2.30. The maximum atomic E-state index is 14.9. The van der Waals surface area contributed by atoms with E-state index in [1.807, 2.05) is 4.72 Å². The summed E-state index contributed by atoms with van der Waals surface area (Å²) in [7, 11) is -4.03. The summed E-state index contributed by atoms with van der Waals surface area (Å²) in [6, 6.07) is 15.4. The molecule has 1 aromatic heterocycles. The third-order valence-corrected chi connectivity index (χ3v) is 7.27. The van der Waals surface area contributed by atoms with E-state index in [9.17, 15) is 21.6 Å². The van der Waals surface area contributed by atoms with Crippen LogP contribution in [0.3, 0.4) is 0 Å². The molecule has 0 unspecified atom stereocenters. The van der Waals surface area contributed by atoms with Crippen LogP contribution in [-0.2, 0) is 15.8 Å². The lowest BCUT2D eigenvalue weighted by molar-refractivity contribution is 0.254. The van der Waals surface area contributed by atoms with Crippen molar-refractivity contribution in [2.45, 2.75) is 24.4 Å². The van der Waals surface area contributed by atoms with Gasteiger partial charge >= 0.3 is 0 Å². The first-order valence-electron chi connectivity index (χ1n) is 11.7. The van der Waals surface area contributed by atoms with Gasteiger partial charge in [-0.05, 0) is 41.0 Å². The highest BCUT2D eigenvalue weighted by molar-refractivity contribution is 7.91. The first-order valence-corrected chi connectivity index (χ1v) is 13.3. The Morgan fingerprint density at radius 2 is 1.73 bits per heavy atom. The van der Waals surface area contributed by atoms with E-state index in [0.29, 0.717) is 47.5 Å². The van der Waals surface area contributed by atoms with Crippen LogP contribution in [0.4, 0.5) is 24.8 Å². The Kier molecular flexibility index (Phi) is 6.98. The molecule has 3 aromatic carbocycles. The summed E-state index contributed by atoms with van der Waals surface area (Å²) in [6.07, 6.45) is 1.01. The molecule has 2 atom stereocenters. The lowest BCUT2D eigenvalue weighted by atomic mass is 10.0. The number of fused-ring (bicyclic) bond motifs is 1. The normalized spacial score (nSPS) is 18.0. The molecule has 0 radical (unpaired) electrons. The molecule has 0 spiro atoms. The second-order valence-corrected chi connectivity index (χ2v) is 10.7. The van der Waals surface area contributed by atoms with Gasteiger partial charge in [0.2, 0.25) is 16.0 Å². The van der Waals surface area contributed by atoms with E-state index in [2.05, 4.69) is 20.6 Å². The van der Waals surface area contributed by atoms with Gasteiger partial charge < -0.3 is 10.6 Å². The predicted molar refractivity (Wildman–Crippen MR) is 137 cm³/mol. The minimum Gasteiger partial charge on any atom is -0.350 e. The Bertz CT molecular complexity index is 1510. The summed E-state index contributed by atoms with van der Waals surface area (Å²) < 4.78 is 70.3. The number of hydrogen-bond acceptors (Lipinski definition) is 6. The predicted octanol–water partition coefficient (Wildman–Crippen LogP) is 4.63. The van der Waals surface area contributed by atoms with Gasteiger partial charge in [0, 0.05) is 37.1 Å². The standard InChI is InChI=1S/C26H24F3N5O2S/c27-20-11-21(14-30-13-20)32-26-31-12-19-8-17(6-7-24(19)33-26)18-9-22(28)25(23(29)10-18)34-37(35,36)15-16-4-2-1-3-5-16/h1-10,12,20-21,30,34H,11,13-15H2,(H,31,32,33)/t20-,21-/m0/s1. The van der Waals surface area contributed by atoms with Crippen LogP contribution in [0.25, 0.3) is 22.0 Å². The van der Waals surface area contributed by atoms with Gasteiger partial charge in [-0.2, -0.15) is 0 Å². The van der Waals surface area contributed by atoms with E-state index >= 15 is 0 Å². The average Bonchev–Trinajstić information content (AvgIpc) is 2.86. The van der Waals surface area contributed by atoms with Gasteiger partial charge in [-0.15, -0.1) is 0 Å². The molecule has 4 aromatic rings. The monoisotopic (exact) mass is 527 g/mol. The van der Waals surface area contributed by atoms with E-state index in [1.54, 1.807) is 54.7 Å². The quantitative estimate of drug-likeness (QED) is 0.324. The zero-order valence-electron chi connectivity index (χ0n) is 19.6. The number of alkyl halides is 1. The molecule has 3 N–H and O–H groups in total.